The van der Waals surface area contributed by atoms with E-state index >= 15 is 0 Å². The minimum Gasteiger partial charge on any atom is -0.481 e. The third-order valence-electron chi connectivity index (χ3n) is 4.99. The Morgan fingerprint density at radius 3 is 2.29 bits per heavy atom. The molecule has 1 fully saturated rings. The topological polar surface area (TPSA) is 58.6 Å². The van der Waals surface area contributed by atoms with Crippen LogP contribution < -0.4 is 10.1 Å². The number of anilines is 1. The Morgan fingerprint density at radius 1 is 0.964 bits per heavy atom. The third-order valence-corrected chi connectivity index (χ3v) is 4.99. The van der Waals surface area contributed by atoms with Crippen molar-refractivity contribution in [2.75, 3.05) is 18.4 Å². The van der Waals surface area contributed by atoms with E-state index in [4.69, 9.17) is 4.74 Å². The van der Waals surface area contributed by atoms with Crippen molar-refractivity contribution in [3.63, 3.8) is 0 Å². The zero-order valence-electron chi connectivity index (χ0n) is 16.4. The van der Waals surface area contributed by atoms with Gasteiger partial charge < -0.3 is 15.0 Å². The molecule has 1 aliphatic rings. The van der Waals surface area contributed by atoms with E-state index in [9.17, 15) is 9.59 Å². The number of benzene rings is 2. The van der Waals surface area contributed by atoms with Crippen molar-refractivity contribution in [2.24, 2.45) is 0 Å². The molecule has 0 saturated carbocycles. The molecular formula is C23H28N2O3. The Bertz CT molecular complexity index is 783. The molecule has 3 rings (SSSR count). The zero-order valence-corrected chi connectivity index (χ0v) is 16.4. The number of ether oxygens (including phenoxy) is 1. The molecule has 28 heavy (non-hydrogen) atoms. The highest BCUT2D eigenvalue weighted by molar-refractivity contribution is 6.04. The SMILES string of the molecule is CCC(Oc1ccccc1)C(=O)Nc1ccccc1C(=O)N1CCCCCC1. The van der Waals surface area contributed by atoms with Crippen LogP contribution in [0.15, 0.2) is 54.6 Å². The minimum atomic E-state index is -0.622. The van der Waals surface area contributed by atoms with Crippen LogP contribution in [0.3, 0.4) is 0 Å². The van der Waals surface area contributed by atoms with Crippen molar-refractivity contribution in [1.29, 1.82) is 0 Å². The Hall–Kier alpha value is -2.82. The molecule has 0 radical (unpaired) electrons. The van der Waals surface area contributed by atoms with Gasteiger partial charge in [-0.3, -0.25) is 9.59 Å². The summed E-state index contributed by atoms with van der Waals surface area (Å²) in [4.78, 5) is 27.7. The molecule has 1 unspecified atom stereocenters. The molecule has 0 aliphatic carbocycles. The molecule has 1 N–H and O–H groups in total. The van der Waals surface area contributed by atoms with E-state index in [2.05, 4.69) is 5.32 Å². The van der Waals surface area contributed by atoms with Crippen molar-refractivity contribution in [3.05, 3.63) is 60.2 Å². The highest BCUT2D eigenvalue weighted by atomic mass is 16.5. The van der Waals surface area contributed by atoms with Gasteiger partial charge in [0, 0.05) is 13.1 Å². The standard InChI is InChI=1S/C23H28N2O3/c1-2-21(28-18-12-6-5-7-13-18)22(26)24-20-15-9-8-14-19(20)23(27)25-16-10-3-4-11-17-25/h5-9,12-15,21H,2-4,10-11,16-17H2,1H3,(H,24,26). The molecule has 1 saturated heterocycles. The van der Waals surface area contributed by atoms with E-state index in [1.807, 2.05) is 54.3 Å². The lowest BCUT2D eigenvalue weighted by Gasteiger charge is -2.23. The summed E-state index contributed by atoms with van der Waals surface area (Å²) in [6, 6.07) is 16.5. The van der Waals surface area contributed by atoms with E-state index in [0.29, 0.717) is 23.4 Å². The lowest BCUT2D eigenvalue weighted by molar-refractivity contribution is -0.122. The molecule has 2 aromatic rings. The Kier molecular flexibility index (Phi) is 7.06. The number of nitrogens with one attached hydrogen (secondary N) is 1. The van der Waals surface area contributed by atoms with Crippen LogP contribution in [0.4, 0.5) is 5.69 Å². The maximum Gasteiger partial charge on any atom is 0.265 e. The summed E-state index contributed by atoms with van der Waals surface area (Å²) in [5.41, 5.74) is 1.07. The summed E-state index contributed by atoms with van der Waals surface area (Å²) < 4.78 is 5.82. The normalized spacial score (nSPS) is 15.4. The molecule has 0 aromatic heterocycles. The average Bonchev–Trinajstić information content (AvgIpc) is 3.02. The van der Waals surface area contributed by atoms with E-state index in [1.54, 1.807) is 12.1 Å². The Morgan fingerprint density at radius 2 is 1.61 bits per heavy atom. The minimum absolute atomic E-state index is 0.0187. The van der Waals surface area contributed by atoms with E-state index in [1.165, 1.54) is 0 Å². The van der Waals surface area contributed by atoms with Gasteiger partial charge in [-0.25, -0.2) is 0 Å². The quantitative estimate of drug-likeness (QED) is 0.803. The number of amides is 2. The first-order chi connectivity index (χ1) is 13.7. The van der Waals surface area contributed by atoms with Crippen LogP contribution in [0, 0.1) is 0 Å². The first kappa shape index (κ1) is 19.9. The van der Waals surface area contributed by atoms with Gasteiger partial charge in [-0.15, -0.1) is 0 Å². The number of carbonyl (C=O) groups excluding carboxylic acids is 2. The van der Waals surface area contributed by atoms with Crippen LogP contribution in [0.5, 0.6) is 5.75 Å². The number of nitrogens with zero attached hydrogens (tertiary/aromatic N) is 1. The van der Waals surface area contributed by atoms with Gasteiger partial charge in [0.15, 0.2) is 6.10 Å². The third kappa shape index (κ3) is 5.12. The van der Waals surface area contributed by atoms with Gasteiger partial charge in [-0.1, -0.05) is 50.1 Å². The molecule has 5 nitrogen and oxygen atoms in total. The van der Waals surface area contributed by atoms with Gasteiger partial charge >= 0.3 is 0 Å². The highest BCUT2D eigenvalue weighted by Gasteiger charge is 2.23. The largest absolute Gasteiger partial charge is 0.481 e. The number of hydrogen-bond acceptors (Lipinski definition) is 3. The Labute approximate surface area is 166 Å². The molecule has 1 aliphatic heterocycles. The van der Waals surface area contributed by atoms with Crippen LogP contribution in [0.2, 0.25) is 0 Å². The molecular weight excluding hydrogens is 352 g/mol. The number of para-hydroxylation sites is 2. The fourth-order valence-corrected chi connectivity index (χ4v) is 3.42. The number of rotatable bonds is 6. The average molecular weight is 380 g/mol. The molecule has 0 bridgehead atoms. The van der Waals surface area contributed by atoms with Gasteiger partial charge in [0.25, 0.3) is 11.8 Å². The maximum atomic E-state index is 13.0. The van der Waals surface area contributed by atoms with Crippen molar-refractivity contribution in [1.82, 2.24) is 4.90 Å². The fraction of sp³-hybridized carbons (Fsp3) is 0.391. The first-order valence-corrected chi connectivity index (χ1v) is 10.1. The second-order valence-electron chi connectivity index (χ2n) is 7.07. The molecule has 2 amide bonds. The lowest BCUT2D eigenvalue weighted by Crippen LogP contribution is -2.35. The van der Waals surface area contributed by atoms with Gasteiger partial charge in [-0.05, 0) is 43.5 Å². The summed E-state index contributed by atoms with van der Waals surface area (Å²) in [7, 11) is 0. The van der Waals surface area contributed by atoms with Crippen LogP contribution in [-0.4, -0.2) is 35.9 Å². The summed E-state index contributed by atoms with van der Waals surface area (Å²) in [6.45, 7) is 3.45. The summed E-state index contributed by atoms with van der Waals surface area (Å²) >= 11 is 0. The summed E-state index contributed by atoms with van der Waals surface area (Å²) in [5, 5.41) is 2.91. The van der Waals surface area contributed by atoms with Crippen molar-refractivity contribution < 1.29 is 14.3 Å². The number of carbonyl (C=O) groups is 2. The maximum absolute atomic E-state index is 13.0. The molecule has 5 heteroatoms. The monoisotopic (exact) mass is 380 g/mol. The highest BCUT2D eigenvalue weighted by Crippen LogP contribution is 2.21. The summed E-state index contributed by atoms with van der Waals surface area (Å²) in [5.74, 6) is 0.385. The lowest BCUT2D eigenvalue weighted by atomic mass is 10.1. The van der Waals surface area contributed by atoms with Crippen molar-refractivity contribution >= 4 is 17.5 Å². The van der Waals surface area contributed by atoms with Crippen LogP contribution in [-0.2, 0) is 4.79 Å². The van der Waals surface area contributed by atoms with Crippen molar-refractivity contribution in [3.8, 4) is 5.75 Å². The van der Waals surface area contributed by atoms with Gasteiger partial charge in [0.05, 0.1) is 11.3 Å². The molecule has 1 heterocycles. The van der Waals surface area contributed by atoms with Crippen LogP contribution in [0.1, 0.15) is 49.4 Å². The predicted octanol–water partition coefficient (Wildman–Crippen LogP) is 4.50. The van der Waals surface area contributed by atoms with E-state index < -0.39 is 6.10 Å². The van der Waals surface area contributed by atoms with E-state index in [-0.39, 0.29) is 11.8 Å². The number of hydrogen-bond donors (Lipinski definition) is 1. The first-order valence-electron chi connectivity index (χ1n) is 10.1. The smallest absolute Gasteiger partial charge is 0.265 e. The van der Waals surface area contributed by atoms with Crippen LogP contribution >= 0.6 is 0 Å². The zero-order chi connectivity index (χ0) is 19.8. The van der Waals surface area contributed by atoms with Gasteiger partial charge in [0.2, 0.25) is 0 Å². The second-order valence-corrected chi connectivity index (χ2v) is 7.07. The second kappa shape index (κ2) is 9.93. The Balaban J connectivity index is 1.72. The predicted molar refractivity (Wildman–Crippen MR) is 111 cm³/mol. The van der Waals surface area contributed by atoms with Crippen LogP contribution in [0.25, 0.3) is 0 Å². The summed E-state index contributed by atoms with van der Waals surface area (Å²) in [6.07, 6.45) is 4.30. The molecule has 1 atom stereocenters. The molecule has 0 spiro atoms. The van der Waals surface area contributed by atoms with Gasteiger partial charge in [-0.2, -0.15) is 0 Å². The van der Waals surface area contributed by atoms with Crippen molar-refractivity contribution in [2.45, 2.75) is 45.1 Å². The fourth-order valence-electron chi connectivity index (χ4n) is 3.42. The molecule has 2 aromatic carbocycles. The van der Waals surface area contributed by atoms with E-state index in [0.717, 1.165) is 38.8 Å². The van der Waals surface area contributed by atoms with Gasteiger partial charge in [0.1, 0.15) is 5.75 Å². The number of likely N-dealkylation sites (tertiary alicyclic amines) is 1. The molecule has 148 valence electrons.